The summed E-state index contributed by atoms with van der Waals surface area (Å²) < 4.78 is 22.3. The molecule has 1 aromatic heterocycles. The van der Waals surface area contributed by atoms with Gasteiger partial charge in [0.25, 0.3) is 5.91 Å². The molecule has 1 amide bonds. The van der Waals surface area contributed by atoms with Gasteiger partial charge in [-0.05, 0) is 30.7 Å². The molecule has 3 N–H and O–H groups in total. The van der Waals surface area contributed by atoms with Crippen molar-refractivity contribution < 1.29 is 13.2 Å². The van der Waals surface area contributed by atoms with Gasteiger partial charge in [-0.3, -0.25) is 4.79 Å². The molecule has 0 aliphatic heterocycles. The van der Waals surface area contributed by atoms with Crippen molar-refractivity contribution in [2.75, 3.05) is 6.54 Å². The molecular formula is C12H18N2O3S2. The quantitative estimate of drug-likeness (QED) is 0.884. The molecule has 1 aliphatic carbocycles. The molecule has 0 saturated heterocycles. The average Bonchev–Trinajstić information content (AvgIpc) is 2.93. The average molecular weight is 302 g/mol. The van der Waals surface area contributed by atoms with Gasteiger partial charge in [-0.1, -0.05) is 13.3 Å². The fraction of sp³-hybridized carbons (Fsp3) is 0.583. The van der Waals surface area contributed by atoms with Crippen LogP contribution in [0.25, 0.3) is 0 Å². The van der Waals surface area contributed by atoms with E-state index in [4.69, 9.17) is 5.14 Å². The predicted molar refractivity (Wildman–Crippen MR) is 74.5 cm³/mol. The zero-order valence-corrected chi connectivity index (χ0v) is 12.4. The van der Waals surface area contributed by atoms with Crippen molar-refractivity contribution in [3.05, 3.63) is 17.0 Å². The van der Waals surface area contributed by atoms with Crippen molar-refractivity contribution in [3.8, 4) is 0 Å². The normalized spacial score (nSPS) is 23.5. The van der Waals surface area contributed by atoms with E-state index in [-0.39, 0.29) is 10.1 Å². The Labute approximate surface area is 117 Å². The summed E-state index contributed by atoms with van der Waals surface area (Å²) in [6.45, 7) is 2.88. The minimum Gasteiger partial charge on any atom is -0.352 e. The van der Waals surface area contributed by atoms with Crippen LogP contribution >= 0.6 is 11.3 Å². The van der Waals surface area contributed by atoms with Crippen LogP contribution in [0.5, 0.6) is 0 Å². The Kier molecular flexibility index (Phi) is 4.27. The summed E-state index contributed by atoms with van der Waals surface area (Å²) in [6.07, 6.45) is 3.51. The van der Waals surface area contributed by atoms with E-state index in [1.54, 1.807) is 0 Å². The van der Waals surface area contributed by atoms with Gasteiger partial charge in [-0.25, -0.2) is 13.6 Å². The monoisotopic (exact) mass is 302 g/mol. The lowest BCUT2D eigenvalue weighted by Gasteiger charge is -2.10. The summed E-state index contributed by atoms with van der Waals surface area (Å²) >= 11 is 0.970. The largest absolute Gasteiger partial charge is 0.352 e. The Morgan fingerprint density at radius 3 is 2.79 bits per heavy atom. The molecular weight excluding hydrogens is 284 g/mol. The maximum Gasteiger partial charge on any atom is 0.252 e. The number of hydrogen-bond donors (Lipinski definition) is 2. The second-order valence-electron chi connectivity index (χ2n) is 5.19. The summed E-state index contributed by atoms with van der Waals surface area (Å²) in [5.74, 6) is 1.04. The van der Waals surface area contributed by atoms with E-state index in [1.165, 1.54) is 17.9 Å². The maximum absolute atomic E-state index is 11.9. The topological polar surface area (TPSA) is 89.3 Å². The van der Waals surface area contributed by atoms with Crippen LogP contribution in [0, 0.1) is 11.8 Å². The molecule has 0 bridgehead atoms. The Morgan fingerprint density at radius 1 is 1.53 bits per heavy atom. The van der Waals surface area contributed by atoms with Gasteiger partial charge in [0.1, 0.15) is 4.21 Å². The van der Waals surface area contributed by atoms with Gasteiger partial charge in [0.05, 0.1) is 5.56 Å². The number of thiophene rings is 1. The van der Waals surface area contributed by atoms with Crippen molar-refractivity contribution in [1.82, 2.24) is 5.32 Å². The number of amides is 1. The van der Waals surface area contributed by atoms with E-state index in [1.807, 2.05) is 0 Å². The smallest absolute Gasteiger partial charge is 0.252 e. The molecule has 5 nitrogen and oxygen atoms in total. The molecule has 106 valence electrons. The lowest BCUT2D eigenvalue weighted by molar-refractivity contribution is 0.0947. The van der Waals surface area contributed by atoms with Gasteiger partial charge in [0.15, 0.2) is 0 Å². The van der Waals surface area contributed by atoms with Gasteiger partial charge in [0.2, 0.25) is 10.0 Å². The lowest BCUT2D eigenvalue weighted by atomic mass is 10.1. The number of sulfonamides is 1. The first-order valence-electron chi connectivity index (χ1n) is 6.26. The Balaban J connectivity index is 1.91. The molecule has 2 unspecified atom stereocenters. The molecule has 1 aliphatic rings. The first-order chi connectivity index (χ1) is 8.86. The Bertz CT molecular complexity index is 565. The van der Waals surface area contributed by atoms with Crippen LogP contribution in [-0.2, 0) is 10.0 Å². The van der Waals surface area contributed by atoms with Crippen LogP contribution in [0.2, 0.25) is 0 Å². The van der Waals surface area contributed by atoms with Crippen LogP contribution in [0.15, 0.2) is 15.7 Å². The second-order valence-corrected chi connectivity index (χ2v) is 7.89. The molecule has 19 heavy (non-hydrogen) atoms. The number of hydrogen-bond acceptors (Lipinski definition) is 4. The summed E-state index contributed by atoms with van der Waals surface area (Å²) in [4.78, 5) is 11.9. The predicted octanol–water partition coefficient (Wildman–Crippen LogP) is 1.56. The summed E-state index contributed by atoms with van der Waals surface area (Å²) in [5.41, 5.74) is 0.361. The molecule has 2 rings (SSSR count). The van der Waals surface area contributed by atoms with Crippen molar-refractivity contribution in [1.29, 1.82) is 0 Å². The maximum atomic E-state index is 11.9. The van der Waals surface area contributed by atoms with Gasteiger partial charge in [0, 0.05) is 11.9 Å². The highest BCUT2D eigenvalue weighted by molar-refractivity contribution is 7.91. The van der Waals surface area contributed by atoms with E-state index < -0.39 is 10.0 Å². The number of nitrogens with two attached hydrogens (primary N) is 1. The molecule has 2 atom stereocenters. The van der Waals surface area contributed by atoms with Crippen LogP contribution in [0.1, 0.15) is 36.5 Å². The molecule has 1 heterocycles. The van der Waals surface area contributed by atoms with Gasteiger partial charge in [-0.2, -0.15) is 0 Å². The van der Waals surface area contributed by atoms with Crippen molar-refractivity contribution >= 4 is 27.3 Å². The number of rotatable bonds is 4. The van der Waals surface area contributed by atoms with Crippen LogP contribution in [-0.4, -0.2) is 20.9 Å². The zero-order chi connectivity index (χ0) is 14.0. The van der Waals surface area contributed by atoms with Gasteiger partial charge < -0.3 is 5.32 Å². The third kappa shape index (κ3) is 3.77. The number of carbonyl (C=O) groups excluding carboxylic acids is 1. The third-order valence-corrected chi connectivity index (χ3v) is 5.86. The Hall–Kier alpha value is -0.920. The highest BCUT2D eigenvalue weighted by Crippen LogP contribution is 2.29. The summed E-state index contributed by atoms with van der Waals surface area (Å²) in [7, 11) is -3.71. The van der Waals surface area contributed by atoms with E-state index in [9.17, 15) is 13.2 Å². The second kappa shape index (κ2) is 5.60. The molecule has 0 spiro atoms. The van der Waals surface area contributed by atoms with Crippen molar-refractivity contribution in [2.24, 2.45) is 17.0 Å². The zero-order valence-electron chi connectivity index (χ0n) is 10.8. The van der Waals surface area contributed by atoms with Crippen molar-refractivity contribution in [3.63, 3.8) is 0 Å². The van der Waals surface area contributed by atoms with Crippen LogP contribution in [0.4, 0.5) is 0 Å². The fourth-order valence-corrected chi connectivity index (χ4v) is 4.02. The molecule has 7 heteroatoms. The van der Waals surface area contributed by atoms with E-state index >= 15 is 0 Å². The fourth-order valence-electron chi connectivity index (χ4n) is 2.43. The molecule has 1 saturated carbocycles. The molecule has 0 aromatic carbocycles. The number of carbonyl (C=O) groups is 1. The standard InChI is InChI=1S/C12H18N2O3S2/c1-8-2-3-9(4-8)6-14-12(15)10-5-11(18-7-10)19(13,16)17/h5,7-9H,2-4,6H2,1H3,(H,14,15)(H2,13,16,17). The Morgan fingerprint density at radius 2 is 2.26 bits per heavy atom. The molecule has 1 fully saturated rings. The summed E-state index contributed by atoms with van der Waals surface area (Å²) in [6, 6.07) is 1.33. The van der Waals surface area contributed by atoms with Gasteiger partial charge >= 0.3 is 0 Å². The van der Waals surface area contributed by atoms with Crippen LogP contribution in [0.3, 0.4) is 0 Å². The minimum absolute atomic E-state index is 0.0205. The highest BCUT2D eigenvalue weighted by atomic mass is 32.2. The minimum atomic E-state index is -3.71. The molecule has 1 aromatic rings. The van der Waals surface area contributed by atoms with E-state index in [2.05, 4.69) is 12.2 Å². The lowest BCUT2D eigenvalue weighted by Crippen LogP contribution is -2.28. The third-order valence-electron chi connectivity index (χ3n) is 3.47. The van der Waals surface area contributed by atoms with E-state index in [0.29, 0.717) is 18.0 Å². The number of primary sulfonamides is 1. The van der Waals surface area contributed by atoms with Crippen molar-refractivity contribution in [2.45, 2.75) is 30.4 Å². The molecule has 0 radical (unpaired) electrons. The first kappa shape index (κ1) is 14.5. The number of nitrogens with one attached hydrogen (secondary N) is 1. The van der Waals surface area contributed by atoms with Gasteiger partial charge in [-0.15, -0.1) is 11.3 Å². The first-order valence-corrected chi connectivity index (χ1v) is 8.68. The van der Waals surface area contributed by atoms with E-state index in [0.717, 1.165) is 30.1 Å². The SMILES string of the molecule is CC1CCC(CNC(=O)c2csc(S(N)(=O)=O)c2)C1. The highest BCUT2D eigenvalue weighted by Gasteiger charge is 2.22. The summed E-state index contributed by atoms with van der Waals surface area (Å²) in [5, 5.41) is 9.39. The van der Waals surface area contributed by atoms with Crippen LogP contribution < -0.4 is 10.5 Å².